The minimum absolute atomic E-state index is 0.255. The summed E-state index contributed by atoms with van der Waals surface area (Å²) in [5.41, 5.74) is 0.980. The lowest BCUT2D eigenvalue weighted by molar-refractivity contribution is -0.0719. The number of ether oxygens (including phenoxy) is 1. The number of hydrogen-bond acceptors (Lipinski definition) is 4. The van der Waals surface area contributed by atoms with Crippen molar-refractivity contribution in [1.29, 1.82) is 0 Å². The van der Waals surface area contributed by atoms with Gasteiger partial charge in [0.2, 0.25) is 0 Å². The number of aliphatic hydroxyl groups is 1. The number of benzene rings is 1. The molecule has 1 aromatic carbocycles. The molecule has 1 atom stereocenters. The minimum Gasteiger partial charge on any atom is -0.368 e. The third-order valence-corrected chi connectivity index (χ3v) is 2.31. The molecule has 0 saturated heterocycles. The molecule has 1 unspecified atom stereocenters. The fourth-order valence-electron chi connectivity index (χ4n) is 1.07. The predicted octanol–water partition coefficient (Wildman–Crippen LogP) is 2.35. The van der Waals surface area contributed by atoms with Crippen LogP contribution in [0.5, 0.6) is 0 Å². The van der Waals surface area contributed by atoms with Crippen LogP contribution in [0, 0.1) is 4.91 Å². The van der Waals surface area contributed by atoms with Gasteiger partial charge in [-0.2, -0.15) is 0 Å². The molecule has 0 aliphatic rings. The van der Waals surface area contributed by atoms with Crippen LogP contribution in [0.25, 0.3) is 0 Å². The Balaban J connectivity index is 2.90. The average Bonchev–Trinajstić information content (AvgIpc) is 2.20. The molecule has 4 nitrogen and oxygen atoms in total. The molecular weight excluding hydrogens is 250 g/mol. The summed E-state index contributed by atoms with van der Waals surface area (Å²) in [7, 11) is 1.40. The van der Waals surface area contributed by atoms with E-state index in [4.69, 9.17) is 0 Å². The zero-order valence-corrected chi connectivity index (χ0v) is 9.19. The van der Waals surface area contributed by atoms with Crippen LogP contribution in [-0.2, 0) is 11.2 Å². The maximum absolute atomic E-state index is 10.5. The Morgan fingerprint density at radius 3 is 2.93 bits per heavy atom. The topological polar surface area (TPSA) is 58.9 Å². The maximum atomic E-state index is 10.5. The summed E-state index contributed by atoms with van der Waals surface area (Å²) in [4.78, 5) is 10.5. The van der Waals surface area contributed by atoms with Crippen molar-refractivity contribution in [3.63, 3.8) is 0 Å². The first-order valence-corrected chi connectivity index (χ1v) is 4.79. The lowest BCUT2D eigenvalue weighted by Gasteiger charge is -2.09. The predicted molar refractivity (Wildman–Crippen MR) is 56.3 cm³/mol. The molecule has 0 fully saturated rings. The molecule has 0 amide bonds. The van der Waals surface area contributed by atoms with E-state index < -0.39 is 6.29 Å². The third-order valence-electron chi connectivity index (χ3n) is 1.81. The third kappa shape index (κ3) is 2.87. The number of rotatable bonds is 4. The van der Waals surface area contributed by atoms with Crippen LogP contribution >= 0.6 is 15.9 Å². The molecule has 0 radical (unpaired) electrons. The Morgan fingerprint density at radius 2 is 2.36 bits per heavy atom. The lowest BCUT2D eigenvalue weighted by atomic mass is 10.1. The van der Waals surface area contributed by atoms with Gasteiger partial charge in [-0.1, -0.05) is 22.0 Å². The Morgan fingerprint density at radius 1 is 1.64 bits per heavy atom. The summed E-state index contributed by atoms with van der Waals surface area (Å²) in [6.45, 7) is 0. The number of nitrogens with zero attached hydrogens (tertiary/aromatic N) is 1. The molecule has 0 aliphatic carbocycles. The van der Waals surface area contributed by atoms with E-state index in [-0.39, 0.29) is 6.42 Å². The molecule has 0 spiro atoms. The highest BCUT2D eigenvalue weighted by Crippen LogP contribution is 2.25. The highest BCUT2D eigenvalue weighted by molar-refractivity contribution is 9.10. The van der Waals surface area contributed by atoms with Crippen molar-refractivity contribution in [2.24, 2.45) is 5.18 Å². The van der Waals surface area contributed by atoms with Crippen LogP contribution in [0.15, 0.2) is 27.8 Å². The van der Waals surface area contributed by atoms with E-state index in [1.165, 1.54) is 7.11 Å². The molecule has 0 aliphatic heterocycles. The summed E-state index contributed by atoms with van der Waals surface area (Å²) in [5.74, 6) is 0. The summed E-state index contributed by atoms with van der Waals surface area (Å²) < 4.78 is 5.46. The molecule has 5 heteroatoms. The van der Waals surface area contributed by atoms with E-state index in [9.17, 15) is 10.0 Å². The van der Waals surface area contributed by atoms with E-state index in [2.05, 4.69) is 25.8 Å². The summed E-state index contributed by atoms with van der Waals surface area (Å²) in [5, 5.41) is 12.1. The normalized spacial score (nSPS) is 12.5. The summed E-state index contributed by atoms with van der Waals surface area (Å²) in [6.07, 6.45) is -0.651. The van der Waals surface area contributed by atoms with Crippen LogP contribution in [0.2, 0.25) is 0 Å². The second-order valence-corrected chi connectivity index (χ2v) is 3.67. The van der Waals surface area contributed by atoms with E-state index >= 15 is 0 Å². The van der Waals surface area contributed by atoms with Crippen molar-refractivity contribution < 1.29 is 9.84 Å². The Labute approximate surface area is 90.0 Å². The van der Waals surface area contributed by atoms with Gasteiger partial charge in [0.25, 0.3) is 0 Å². The first-order chi connectivity index (χ1) is 6.67. The Kier molecular flexibility index (Phi) is 4.19. The van der Waals surface area contributed by atoms with Gasteiger partial charge in [0, 0.05) is 18.0 Å². The number of halogens is 1. The van der Waals surface area contributed by atoms with Crippen LogP contribution in [0.1, 0.15) is 5.56 Å². The second-order valence-electron chi connectivity index (χ2n) is 2.76. The second kappa shape index (κ2) is 5.19. The Bertz CT molecular complexity index is 330. The zero-order chi connectivity index (χ0) is 10.6. The fourth-order valence-corrected chi connectivity index (χ4v) is 1.42. The smallest absolute Gasteiger partial charge is 0.158 e. The molecule has 0 saturated carbocycles. The van der Waals surface area contributed by atoms with Crippen molar-refractivity contribution in [3.05, 3.63) is 33.1 Å². The summed E-state index contributed by atoms with van der Waals surface area (Å²) >= 11 is 3.23. The van der Waals surface area contributed by atoms with E-state index in [1.807, 2.05) is 0 Å². The highest BCUT2D eigenvalue weighted by Gasteiger charge is 2.09. The van der Waals surface area contributed by atoms with Crippen molar-refractivity contribution in [3.8, 4) is 0 Å². The average molecular weight is 260 g/mol. The zero-order valence-electron chi connectivity index (χ0n) is 7.61. The van der Waals surface area contributed by atoms with Crippen LogP contribution in [0.4, 0.5) is 5.69 Å². The molecule has 0 bridgehead atoms. The van der Waals surface area contributed by atoms with Crippen molar-refractivity contribution >= 4 is 21.6 Å². The molecular formula is C9H10BrNO3. The van der Waals surface area contributed by atoms with Crippen molar-refractivity contribution in [2.75, 3.05) is 7.11 Å². The van der Waals surface area contributed by atoms with Crippen molar-refractivity contribution in [2.45, 2.75) is 12.7 Å². The van der Waals surface area contributed by atoms with Gasteiger partial charge in [-0.3, -0.25) is 0 Å². The number of aliphatic hydroxyl groups excluding tert-OH is 1. The molecule has 0 aromatic heterocycles. The van der Waals surface area contributed by atoms with Gasteiger partial charge >= 0.3 is 0 Å². The quantitative estimate of drug-likeness (QED) is 0.667. The van der Waals surface area contributed by atoms with Crippen LogP contribution in [-0.4, -0.2) is 18.5 Å². The maximum Gasteiger partial charge on any atom is 0.158 e. The first-order valence-electron chi connectivity index (χ1n) is 4.00. The van der Waals surface area contributed by atoms with Crippen LogP contribution < -0.4 is 0 Å². The summed E-state index contributed by atoms with van der Waals surface area (Å²) in [6, 6.07) is 5.11. The molecule has 76 valence electrons. The van der Waals surface area contributed by atoms with Gasteiger partial charge in [-0.05, 0) is 22.9 Å². The van der Waals surface area contributed by atoms with E-state index in [0.29, 0.717) is 11.3 Å². The van der Waals surface area contributed by atoms with Gasteiger partial charge in [0.05, 0.1) is 0 Å². The van der Waals surface area contributed by atoms with Gasteiger partial charge in [-0.25, -0.2) is 0 Å². The van der Waals surface area contributed by atoms with Gasteiger partial charge in [0.1, 0.15) is 5.69 Å². The van der Waals surface area contributed by atoms with Crippen LogP contribution in [0.3, 0.4) is 0 Å². The molecule has 1 N–H and O–H groups in total. The Hall–Kier alpha value is -0.780. The lowest BCUT2D eigenvalue weighted by Crippen LogP contribution is -2.12. The van der Waals surface area contributed by atoms with Crippen molar-refractivity contribution in [1.82, 2.24) is 0 Å². The SMILES string of the molecule is COC(O)Cc1ccc(Br)cc1N=O. The molecule has 14 heavy (non-hydrogen) atoms. The minimum atomic E-state index is -0.906. The van der Waals surface area contributed by atoms with Gasteiger partial charge in [-0.15, -0.1) is 4.91 Å². The number of hydrogen-bond donors (Lipinski definition) is 1. The first kappa shape index (κ1) is 11.3. The van der Waals surface area contributed by atoms with E-state index in [0.717, 1.165) is 4.47 Å². The molecule has 0 heterocycles. The van der Waals surface area contributed by atoms with Gasteiger partial charge < -0.3 is 9.84 Å². The van der Waals surface area contributed by atoms with E-state index in [1.54, 1.807) is 18.2 Å². The highest BCUT2D eigenvalue weighted by atomic mass is 79.9. The molecule has 1 aromatic rings. The number of methoxy groups -OCH3 is 1. The van der Waals surface area contributed by atoms with Gasteiger partial charge in [0.15, 0.2) is 6.29 Å². The number of nitroso groups, excluding NO2 is 1. The largest absolute Gasteiger partial charge is 0.368 e. The standard InChI is InChI=1S/C9H10BrNO3/c1-14-9(12)4-6-2-3-7(10)5-8(6)11-13/h2-3,5,9,12H,4H2,1H3. The fraction of sp³-hybridized carbons (Fsp3) is 0.333. The monoisotopic (exact) mass is 259 g/mol. The molecule has 1 rings (SSSR count).